The Morgan fingerprint density at radius 1 is 0.232 bits per heavy atom. The molecule has 0 spiro atoms. The van der Waals surface area contributed by atoms with Crippen LogP contribution in [0.15, 0.2) is 231 Å². The Morgan fingerprint density at radius 3 is 0.884 bits per heavy atom. The van der Waals surface area contributed by atoms with Crippen molar-refractivity contribution in [2.45, 2.75) is 19.3 Å². The maximum Gasteiger partial charge on any atom is 0.0497 e. The number of H-pyrrole nitrogens is 2. The van der Waals surface area contributed by atoms with Crippen molar-refractivity contribution in [3.63, 3.8) is 0 Å². The van der Waals surface area contributed by atoms with Crippen molar-refractivity contribution in [3.05, 3.63) is 242 Å². The van der Waals surface area contributed by atoms with E-state index in [9.17, 15) is 0 Å². The van der Waals surface area contributed by atoms with Gasteiger partial charge in [-0.15, -0.1) is 0 Å². The molecule has 0 aliphatic heterocycles. The van der Waals surface area contributed by atoms with Gasteiger partial charge in [-0.2, -0.15) is 0 Å². The third-order valence-electron chi connectivity index (χ3n) is 14.8. The third kappa shape index (κ3) is 6.95. The molecule has 0 unspecified atom stereocenters. The molecular weight excluding hydrogens is 833 g/mol. The fourth-order valence-corrected chi connectivity index (χ4v) is 11.2. The molecule has 14 aromatic rings. The highest BCUT2D eigenvalue weighted by atomic mass is 14.7. The van der Waals surface area contributed by atoms with Gasteiger partial charge in [-0.3, -0.25) is 0 Å². The van der Waals surface area contributed by atoms with E-state index in [1.165, 1.54) is 131 Å². The minimum atomic E-state index is 0.927. The molecule has 0 atom stereocenters. The molecular formula is C67H46N2. The molecule has 0 aliphatic carbocycles. The standard InChI is InChI=1S/C67H46N2/c1-5-14-46-32-50(24-20-42(46)10-1)54-28-30-64-60(38-54)62-40-58(52-26-22-44-12-3-7-16-48(44)34-52)36-56(66(62)68-64)18-9-19-57-37-59(53-27-23-45-13-4-8-17-49(45)35-53)41-63-61-39-55(29-31-65(61)69-67(57)63)51-25-21-43-11-2-6-15-47(43)33-51/h1-8,10-17,20-41,68-69H,9,18-19H2. The van der Waals surface area contributed by atoms with Gasteiger partial charge in [-0.25, -0.2) is 0 Å². The molecule has 14 rings (SSSR count). The summed E-state index contributed by atoms with van der Waals surface area (Å²) in [5, 5.41) is 15.1. The molecule has 12 aromatic carbocycles. The van der Waals surface area contributed by atoms with Gasteiger partial charge in [0.1, 0.15) is 0 Å². The smallest absolute Gasteiger partial charge is 0.0497 e. The second-order valence-electron chi connectivity index (χ2n) is 19.0. The third-order valence-corrected chi connectivity index (χ3v) is 14.8. The number of hydrogen-bond acceptors (Lipinski definition) is 0. The van der Waals surface area contributed by atoms with Crippen LogP contribution in [0.2, 0.25) is 0 Å². The lowest BCUT2D eigenvalue weighted by Gasteiger charge is -2.12. The zero-order chi connectivity index (χ0) is 45.4. The van der Waals surface area contributed by atoms with Gasteiger partial charge in [-0.1, -0.05) is 158 Å². The van der Waals surface area contributed by atoms with Crippen molar-refractivity contribution in [3.8, 4) is 44.5 Å². The molecule has 0 saturated heterocycles. The Bertz CT molecular complexity index is 4070. The van der Waals surface area contributed by atoms with Gasteiger partial charge < -0.3 is 9.97 Å². The largest absolute Gasteiger partial charge is 0.354 e. The second-order valence-corrected chi connectivity index (χ2v) is 19.0. The predicted octanol–water partition coefficient (Wildman–Crippen LogP) is 18.4. The summed E-state index contributed by atoms with van der Waals surface area (Å²) in [5.74, 6) is 0. The predicted molar refractivity (Wildman–Crippen MR) is 295 cm³/mol. The van der Waals surface area contributed by atoms with Crippen LogP contribution in [0, 0.1) is 0 Å². The van der Waals surface area contributed by atoms with Crippen LogP contribution >= 0.6 is 0 Å². The zero-order valence-electron chi connectivity index (χ0n) is 38.1. The van der Waals surface area contributed by atoms with Gasteiger partial charge in [0.25, 0.3) is 0 Å². The van der Waals surface area contributed by atoms with E-state index in [1.54, 1.807) is 0 Å². The molecule has 0 fully saturated rings. The van der Waals surface area contributed by atoms with E-state index in [-0.39, 0.29) is 0 Å². The average molecular weight is 879 g/mol. The van der Waals surface area contributed by atoms with E-state index < -0.39 is 0 Å². The number of fused-ring (bicyclic) bond motifs is 10. The van der Waals surface area contributed by atoms with E-state index in [4.69, 9.17) is 0 Å². The van der Waals surface area contributed by atoms with Crippen molar-refractivity contribution < 1.29 is 0 Å². The summed E-state index contributed by atoms with van der Waals surface area (Å²) in [6.45, 7) is 0. The monoisotopic (exact) mass is 878 g/mol. The van der Waals surface area contributed by atoms with Gasteiger partial charge >= 0.3 is 0 Å². The van der Waals surface area contributed by atoms with E-state index in [2.05, 4.69) is 240 Å². The number of rotatable bonds is 8. The lowest BCUT2D eigenvalue weighted by molar-refractivity contribution is 0.828. The van der Waals surface area contributed by atoms with E-state index >= 15 is 0 Å². The molecule has 0 bridgehead atoms. The SMILES string of the molecule is c1ccc2cc(-c3ccc4[nH]c5c(CCCc6cc(-c7ccc8ccccc8c7)cc7c6[nH]c6ccc(-c8ccc9ccccc9c8)cc67)cc(-c6ccc7ccccc7c6)cc5c4c3)ccc2c1. The van der Waals surface area contributed by atoms with Crippen molar-refractivity contribution in [2.75, 3.05) is 0 Å². The van der Waals surface area contributed by atoms with Crippen molar-refractivity contribution >= 4 is 86.7 Å². The number of aromatic amines is 2. The summed E-state index contributed by atoms with van der Waals surface area (Å²) in [6.07, 6.45) is 2.84. The van der Waals surface area contributed by atoms with Crippen molar-refractivity contribution in [1.82, 2.24) is 9.97 Å². The molecule has 0 amide bonds. The minimum Gasteiger partial charge on any atom is -0.354 e. The van der Waals surface area contributed by atoms with E-state index in [0.29, 0.717) is 0 Å². The van der Waals surface area contributed by atoms with E-state index in [1.807, 2.05) is 0 Å². The Kier molecular flexibility index (Phi) is 9.13. The fraction of sp³-hybridized carbons (Fsp3) is 0.0448. The van der Waals surface area contributed by atoms with Crippen LogP contribution < -0.4 is 0 Å². The summed E-state index contributed by atoms with van der Waals surface area (Å²) in [7, 11) is 0. The molecule has 2 N–H and O–H groups in total. The molecule has 69 heavy (non-hydrogen) atoms. The molecule has 2 heteroatoms. The highest BCUT2D eigenvalue weighted by molar-refractivity contribution is 6.13. The van der Waals surface area contributed by atoms with Crippen LogP contribution in [0.3, 0.4) is 0 Å². The van der Waals surface area contributed by atoms with Crippen molar-refractivity contribution in [2.24, 2.45) is 0 Å². The zero-order valence-corrected chi connectivity index (χ0v) is 38.1. The van der Waals surface area contributed by atoms with Gasteiger partial charge in [0, 0.05) is 43.6 Å². The van der Waals surface area contributed by atoms with E-state index in [0.717, 1.165) is 30.3 Å². The van der Waals surface area contributed by atoms with Crippen molar-refractivity contribution in [1.29, 1.82) is 0 Å². The lowest BCUT2D eigenvalue weighted by atomic mass is 9.92. The quantitative estimate of drug-likeness (QED) is 0.152. The first kappa shape index (κ1) is 39.4. The maximum atomic E-state index is 3.93. The van der Waals surface area contributed by atoms with Gasteiger partial charge in [-0.05, 0) is 191 Å². The molecule has 0 saturated carbocycles. The fourth-order valence-electron chi connectivity index (χ4n) is 11.2. The number of benzene rings is 12. The molecule has 0 aliphatic rings. The summed E-state index contributed by atoms with van der Waals surface area (Å²) >= 11 is 0. The molecule has 0 radical (unpaired) electrons. The Morgan fingerprint density at radius 2 is 0.522 bits per heavy atom. The maximum absolute atomic E-state index is 3.93. The van der Waals surface area contributed by atoms with Gasteiger partial charge in [0.15, 0.2) is 0 Å². The highest BCUT2D eigenvalue weighted by Crippen LogP contribution is 2.40. The molecule has 324 valence electrons. The molecule has 2 aromatic heterocycles. The summed E-state index contributed by atoms with van der Waals surface area (Å²) in [6, 6.07) is 85.7. The van der Waals surface area contributed by atoms with Crippen LogP contribution in [0.4, 0.5) is 0 Å². The summed E-state index contributed by atoms with van der Waals surface area (Å²) < 4.78 is 0. The Hall–Kier alpha value is -8.72. The number of aryl methyl sites for hydroxylation is 2. The summed E-state index contributed by atoms with van der Waals surface area (Å²) in [5.41, 5.74) is 17.4. The number of hydrogen-bond donors (Lipinski definition) is 2. The second kappa shape index (κ2) is 16.0. The van der Waals surface area contributed by atoms with Crippen LogP contribution in [-0.2, 0) is 12.8 Å². The Labute approximate surface area is 400 Å². The summed E-state index contributed by atoms with van der Waals surface area (Å²) in [4.78, 5) is 7.85. The van der Waals surface area contributed by atoms with Crippen LogP contribution in [0.25, 0.3) is 131 Å². The van der Waals surface area contributed by atoms with Crippen LogP contribution in [0.1, 0.15) is 17.5 Å². The van der Waals surface area contributed by atoms with Gasteiger partial charge in [0.2, 0.25) is 0 Å². The normalized spacial score (nSPS) is 11.9. The minimum absolute atomic E-state index is 0.927. The first-order valence-corrected chi connectivity index (χ1v) is 24.3. The molecule has 2 nitrogen and oxygen atoms in total. The number of nitrogens with one attached hydrogen (secondary N) is 2. The lowest BCUT2D eigenvalue weighted by Crippen LogP contribution is -1.95. The average Bonchev–Trinajstić information content (AvgIpc) is 3.98. The van der Waals surface area contributed by atoms with Crippen LogP contribution in [0.5, 0.6) is 0 Å². The van der Waals surface area contributed by atoms with Crippen LogP contribution in [-0.4, -0.2) is 9.97 Å². The number of aromatic nitrogens is 2. The first-order chi connectivity index (χ1) is 34.1. The first-order valence-electron chi connectivity index (χ1n) is 24.3. The molecule has 2 heterocycles. The Balaban J connectivity index is 0.880. The van der Waals surface area contributed by atoms with Gasteiger partial charge in [0.05, 0.1) is 0 Å². The highest BCUT2D eigenvalue weighted by Gasteiger charge is 2.17. The topological polar surface area (TPSA) is 31.6 Å².